The van der Waals surface area contributed by atoms with Gasteiger partial charge in [-0.25, -0.2) is 4.98 Å². The van der Waals surface area contributed by atoms with E-state index in [1.807, 2.05) is 36.6 Å². The van der Waals surface area contributed by atoms with Crippen LogP contribution in [0, 0.1) is 0 Å². The first-order chi connectivity index (χ1) is 10.8. The minimum atomic E-state index is 0.133. The van der Waals surface area contributed by atoms with Gasteiger partial charge in [0.1, 0.15) is 12.4 Å². The van der Waals surface area contributed by atoms with Crippen LogP contribution in [-0.4, -0.2) is 10.8 Å². The Hall–Kier alpha value is -2.40. The number of benzene rings is 1. The highest BCUT2D eigenvalue weighted by molar-refractivity contribution is 7.13. The minimum absolute atomic E-state index is 0.133. The molecule has 0 aliphatic heterocycles. The first kappa shape index (κ1) is 14.5. The van der Waals surface area contributed by atoms with Crippen LogP contribution in [0.3, 0.4) is 0 Å². The zero-order chi connectivity index (χ0) is 15.4. The molecule has 3 rings (SSSR count). The van der Waals surface area contributed by atoms with Crippen molar-refractivity contribution in [2.75, 3.05) is 0 Å². The Morgan fingerprint density at radius 1 is 1.27 bits per heavy atom. The van der Waals surface area contributed by atoms with Gasteiger partial charge in [0, 0.05) is 17.4 Å². The van der Waals surface area contributed by atoms with E-state index in [2.05, 4.69) is 4.98 Å². The molecule has 4 nitrogen and oxygen atoms in total. The molecule has 0 bridgehead atoms. The molecule has 0 N–H and O–H groups in total. The Morgan fingerprint density at radius 3 is 2.77 bits per heavy atom. The highest BCUT2D eigenvalue weighted by Gasteiger charge is 2.08. The molecule has 0 atom stereocenters. The Bertz CT molecular complexity index is 745. The predicted octanol–water partition coefficient (Wildman–Crippen LogP) is 4.57. The van der Waals surface area contributed by atoms with E-state index in [0.29, 0.717) is 18.6 Å². The Labute approximate surface area is 132 Å². The fraction of sp³-hybridized carbons (Fsp3) is 0.176. The number of nitrogens with zero attached hydrogens (tertiary/aromatic N) is 1. The number of hydrogen-bond donors (Lipinski definition) is 0. The first-order valence-corrected chi connectivity index (χ1v) is 7.88. The van der Waals surface area contributed by atoms with Crippen LogP contribution in [-0.2, 0) is 6.61 Å². The Kier molecular flexibility index (Phi) is 4.34. The maximum atomic E-state index is 11.6. The lowest BCUT2D eigenvalue weighted by molar-refractivity contribution is 0.0988. The third kappa shape index (κ3) is 3.26. The van der Waals surface area contributed by atoms with Crippen molar-refractivity contribution in [3.63, 3.8) is 0 Å². The number of Topliss-reactive ketones (excluding diaryl/α,β-unsaturated/α-hetero) is 1. The fourth-order valence-corrected chi connectivity index (χ4v) is 2.76. The van der Waals surface area contributed by atoms with E-state index in [9.17, 15) is 4.79 Å². The van der Waals surface area contributed by atoms with Crippen LogP contribution < -0.4 is 4.74 Å². The molecule has 0 spiro atoms. The third-order valence-corrected chi connectivity index (χ3v) is 4.07. The minimum Gasteiger partial charge on any atom is -0.487 e. The molecule has 0 amide bonds. The Morgan fingerprint density at radius 2 is 2.09 bits per heavy atom. The largest absolute Gasteiger partial charge is 0.487 e. The number of rotatable bonds is 6. The number of ether oxygens (including phenoxy) is 1. The van der Waals surface area contributed by atoms with E-state index in [0.717, 1.165) is 22.2 Å². The molecule has 1 aromatic carbocycles. The van der Waals surface area contributed by atoms with Crippen LogP contribution in [0.4, 0.5) is 0 Å². The summed E-state index contributed by atoms with van der Waals surface area (Å²) in [7, 11) is 0. The SMILES string of the molecule is CCC(=O)c1ccc(OCc2csc(-c3ccco3)n2)cc1. The van der Waals surface area contributed by atoms with Gasteiger partial charge >= 0.3 is 0 Å². The first-order valence-electron chi connectivity index (χ1n) is 7.00. The van der Waals surface area contributed by atoms with Crippen molar-refractivity contribution in [1.29, 1.82) is 0 Å². The van der Waals surface area contributed by atoms with E-state index in [-0.39, 0.29) is 5.78 Å². The van der Waals surface area contributed by atoms with Crippen LogP contribution in [0.2, 0.25) is 0 Å². The van der Waals surface area contributed by atoms with Crippen molar-refractivity contribution < 1.29 is 13.9 Å². The summed E-state index contributed by atoms with van der Waals surface area (Å²) in [6, 6.07) is 10.9. The van der Waals surface area contributed by atoms with Gasteiger partial charge in [0.2, 0.25) is 0 Å². The third-order valence-electron chi connectivity index (χ3n) is 3.17. The van der Waals surface area contributed by atoms with Crippen molar-refractivity contribution in [1.82, 2.24) is 4.98 Å². The van der Waals surface area contributed by atoms with Crippen LogP contribution in [0.25, 0.3) is 10.8 Å². The van der Waals surface area contributed by atoms with Gasteiger partial charge < -0.3 is 9.15 Å². The smallest absolute Gasteiger partial charge is 0.162 e. The summed E-state index contributed by atoms with van der Waals surface area (Å²) in [5, 5.41) is 2.79. The maximum absolute atomic E-state index is 11.6. The average molecular weight is 313 g/mol. The highest BCUT2D eigenvalue weighted by atomic mass is 32.1. The molecular formula is C17H15NO3S. The second-order valence-electron chi connectivity index (χ2n) is 4.71. The van der Waals surface area contributed by atoms with Crippen LogP contribution >= 0.6 is 11.3 Å². The van der Waals surface area contributed by atoms with Gasteiger partial charge in [-0.1, -0.05) is 6.92 Å². The van der Waals surface area contributed by atoms with E-state index in [1.165, 1.54) is 11.3 Å². The van der Waals surface area contributed by atoms with Crippen LogP contribution in [0.15, 0.2) is 52.5 Å². The fourth-order valence-electron chi connectivity index (χ4n) is 1.99. The molecule has 0 aliphatic carbocycles. The molecule has 0 fully saturated rings. The van der Waals surface area contributed by atoms with Crippen molar-refractivity contribution in [2.45, 2.75) is 20.0 Å². The molecule has 5 heteroatoms. The molecule has 2 aromatic heterocycles. The normalized spacial score (nSPS) is 10.6. The number of ketones is 1. The summed E-state index contributed by atoms with van der Waals surface area (Å²) < 4.78 is 11.0. The maximum Gasteiger partial charge on any atom is 0.162 e. The number of hydrogen-bond acceptors (Lipinski definition) is 5. The molecule has 112 valence electrons. The number of carbonyl (C=O) groups is 1. The van der Waals surface area contributed by atoms with Crippen LogP contribution in [0.1, 0.15) is 29.4 Å². The van der Waals surface area contributed by atoms with Crippen LogP contribution in [0.5, 0.6) is 5.75 Å². The summed E-state index contributed by atoms with van der Waals surface area (Å²) in [4.78, 5) is 16.0. The number of aromatic nitrogens is 1. The molecule has 0 saturated heterocycles. The molecule has 22 heavy (non-hydrogen) atoms. The van der Waals surface area contributed by atoms with Gasteiger partial charge in [-0.05, 0) is 36.4 Å². The van der Waals surface area contributed by atoms with Gasteiger partial charge in [0.25, 0.3) is 0 Å². The van der Waals surface area contributed by atoms with E-state index >= 15 is 0 Å². The lowest BCUT2D eigenvalue weighted by Gasteiger charge is -2.05. The Balaban J connectivity index is 1.62. The van der Waals surface area contributed by atoms with Gasteiger partial charge in [0.05, 0.1) is 12.0 Å². The molecule has 2 heterocycles. The van der Waals surface area contributed by atoms with Crippen molar-refractivity contribution in [2.24, 2.45) is 0 Å². The van der Waals surface area contributed by atoms with E-state index < -0.39 is 0 Å². The van der Waals surface area contributed by atoms with Gasteiger partial charge in [-0.3, -0.25) is 4.79 Å². The summed E-state index contributed by atoms with van der Waals surface area (Å²) in [5.74, 6) is 1.62. The van der Waals surface area contributed by atoms with Crippen molar-refractivity contribution in [3.8, 4) is 16.5 Å². The number of furan rings is 1. The van der Waals surface area contributed by atoms with Crippen molar-refractivity contribution in [3.05, 3.63) is 59.3 Å². The second-order valence-corrected chi connectivity index (χ2v) is 5.57. The summed E-state index contributed by atoms with van der Waals surface area (Å²) >= 11 is 1.52. The van der Waals surface area contributed by atoms with E-state index in [1.54, 1.807) is 18.4 Å². The van der Waals surface area contributed by atoms with Gasteiger partial charge in [-0.15, -0.1) is 11.3 Å². The van der Waals surface area contributed by atoms with Gasteiger partial charge in [-0.2, -0.15) is 0 Å². The molecule has 0 aliphatic rings. The lowest BCUT2D eigenvalue weighted by atomic mass is 10.1. The predicted molar refractivity (Wildman–Crippen MR) is 85.2 cm³/mol. The number of thiazole rings is 1. The van der Waals surface area contributed by atoms with E-state index in [4.69, 9.17) is 9.15 Å². The topological polar surface area (TPSA) is 52.3 Å². The molecule has 0 unspecified atom stereocenters. The summed E-state index contributed by atoms with van der Waals surface area (Å²) in [5.41, 5.74) is 1.56. The quantitative estimate of drug-likeness (QED) is 0.625. The number of carbonyl (C=O) groups excluding carboxylic acids is 1. The lowest BCUT2D eigenvalue weighted by Crippen LogP contribution is -1.98. The zero-order valence-corrected chi connectivity index (χ0v) is 12.9. The summed E-state index contributed by atoms with van der Waals surface area (Å²) in [6.07, 6.45) is 2.14. The second kappa shape index (κ2) is 6.58. The molecule has 0 radical (unpaired) electrons. The standard InChI is InChI=1S/C17H15NO3S/c1-2-15(19)12-5-7-14(8-6-12)21-10-13-11-22-17(18-13)16-4-3-9-20-16/h3-9,11H,2,10H2,1H3. The van der Waals surface area contributed by atoms with Crippen molar-refractivity contribution >= 4 is 17.1 Å². The average Bonchev–Trinajstić information content (AvgIpc) is 3.23. The summed E-state index contributed by atoms with van der Waals surface area (Å²) in [6.45, 7) is 2.24. The van der Waals surface area contributed by atoms with Gasteiger partial charge in [0.15, 0.2) is 16.6 Å². The molecular weight excluding hydrogens is 298 g/mol. The molecule has 3 aromatic rings. The monoisotopic (exact) mass is 313 g/mol. The molecule has 0 saturated carbocycles. The highest BCUT2D eigenvalue weighted by Crippen LogP contribution is 2.24. The zero-order valence-electron chi connectivity index (χ0n) is 12.1.